The van der Waals surface area contributed by atoms with Gasteiger partial charge in [0, 0.05) is 10.0 Å². The van der Waals surface area contributed by atoms with E-state index < -0.39 is 17.9 Å². The molecule has 0 radical (unpaired) electrons. The third-order valence-electron chi connectivity index (χ3n) is 3.42. The number of hydrogen-bond acceptors (Lipinski definition) is 3. The molecule has 3 rings (SSSR count). The van der Waals surface area contributed by atoms with E-state index in [2.05, 4.69) is 15.1 Å². The third kappa shape index (κ3) is 3.03. The Hall–Kier alpha value is -1.57. The van der Waals surface area contributed by atoms with Crippen molar-refractivity contribution in [3.05, 3.63) is 50.9 Å². The summed E-state index contributed by atoms with van der Waals surface area (Å²) in [6.07, 6.45) is -3.62. The van der Waals surface area contributed by atoms with Gasteiger partial charge in [0.1, 0.15) is 10.7 Å². The van der Waals surface area contributed by atoms with Crippen LogP contribution in [0.25, 0.3) is 11.2 Å². The van der Waals surface area contributed by atoms with Crippen LogP contribution in [0, 0.1) is 0 Å². The molecule has 0 N–H and O–H groups in total. The topological polar surface area (TPSA) is 43.6 Å². The molecule has 1 unspecified atom stereocenters. The van der Waals surface area contributed by atoms with Gasteiger partial charge in [-0.25, -0.2) is 14.6 Å². The number of aromatic nitrogens is 4. The van der Waals surface area contributed by atoms with Crippen molar-refractivity contribution < 1.29 is 13.2 Å². The number of benzene rings is 1. The smallest absolute Gasteiger partial charge is 0.247 e. The van der Waals surface area contributed by atoms with Crippen LogP contribution in [-0.4, -0.2) is 19.7 Å². The lowest BCUT2D eigenvalue weighted by atomic mass is 10.1. The highest BCUT2D eigenvalue weighted by atomic mass is 35.5. The maximum Gasteiger partial charge on any atom is 0.437 e. The molecule has 2 aromatic heterocycles. The second-order valence-corrected chi connectivity index (χ2v) is 6.23. The third-order valence-corrected chi connectivity index (χ3v) is 4.17. The van der Waals surface area contributed by atoms with Gasteiger partial charge in [-0.1, -0.05) is 40.9 Å². The lowest BCUT2D eigenvalue weighted by Gasteiger charge is -2.15. The molecule has 0 aliphatic rings. The van der Waals surface area contributed by atoms with E-state index in [1.54, 1.807) is 19.1 Å². The summed E-state index contributed by atoms with van der Waals surface area (Å²) in [5.41, 5.74) is -1.03. The van der Waals surface area contributed by atoms with Crippen LogP contribution in [0.2, 0.25) is 15.2 Å². The summed E-state index contributed by atoms with van der Waals surface area (Å²) >= 11 is 17.8. The molecule has 0 aliphatic carbocycles. The standard InChI is InChI=1S/C14H8Cl3F3N4/c1-6(8-3-2-7(15)4-9(8)16)24-13-11(21-5-10(17)22-13)12(23-24)14(18,19)20/h2-6H,1H3. The summed E-state index contributed by atoms with van der Waals surface area (Å²) in [6.45, 7) is 1.64. The Morgan fingerprint density at radius 2 is 1.88 bits per heavy atom. The zero-order chi connectivity index (χ0) is 17.6. The first kappa shape index (κ1) is 17.3. The average Bonchev–Trinajstić information content (AvgIpc) is 2.85. The Morgan fingerprint density at radius 1 is 1.17 bits per heavy atom. The summed E-state index contributed by atoms with van der Waals surface area (Å²) < 4.78 is 40.7. The maximum absolute atomic E-state index is 13.2. The molecular formula is C14H8Cl3F3N4. The largest absolute Gasteiger partial charge is 0.437 e. The molecule has 0 fully saturated rings. The lowest BCUT2D eigenvalue weighted by molar-refractivity contribution is -0.140. The van der Waals surface area contributed by atoms with Crippen molar-refractivity contribution in [1.29, 1.82) is 0 Å². The second kappa shape index (κ2) is 6.06. The normalized spacial score (nSPS) is 13.5. The molecule has 0 saturated carbocycles. The van der Waals surface area contributed by atoms with Gasteiger partial charge in [-0.2, -0.15) is 18.3 Å². The van der Waals surface area contributed by atoms with E-state index in [0.717, 1.165) is 10.9 Å². The lowest BCUT2D eigenvalue weighted by Crippen LogP contribution is -2.12. The number of hydrogen-bond donors (Lipinski definition) is 0. The minimum atomic E-state index is -4.67. The Morgan fingerprint density at radius 3 is 2.50 bits per heavy atom. The highest BCUT2D eigenvalue weighted by molar-refractivity contribution is 6.35. The SMILES string of the molecule is CC(c1ccc(Cl)cc1Cl)n1nc(C(F)(F)F)c2ncc(Cl)nc21. The highest BCUT2D eigenvalue weighted by Gasteiger charge is 2.39. The summed E-state index contributed by atoms with van der Waals surface area (Å²) in [6, 6.07) is 4.08. The fraction of sp³-hybridized carbons (Fsp3) is 0.214. The van der Waals surface area contributed by atoms with Gasteiger partial charge in [-0.3, -0.25) is 0 Å². The van der Waals surface area contributed by atoms with Crippen LogP contribution in [0.3, 0.4) is 0 Å². The van der Waals surface area contributed by atoms with Crippen LogP contribution < -0.4 is 0 Å². The predicted octanol–water partition coefficient (Wildman–Crippen LogP) is 5.41. The number of rotatable bonds is 2. The number of fused-ring (bicyclic) bond motifs is 1. The second-order valence-electron chi connectivity index (χ2n) is 5.00. The molecule has 0 amide bonds. The Kier molecular flexibility index (Phi) is 4.36. The molecule has 3 aromatic rings. The minimum Gasteiger partial charge on any atom is -0.247 e. The van der Waals surface area contributed by atoms with Crippen LogP contribution >= 0.6 is 34.8 Å². The van der Waals surface area contributed by atoms with Gasteiger partial charge in [0.05, 0.1) is 12.2 Å². The van der Waals surface area contributed by atoms with Crippen LogP contribution in [0.1, 0.15) is 24.2 Å². The van der Waals surface area contributed by atoms with E-state index in [1.807, 2.05) is 0 Å². The van der Waals surface area contributed by atoms with Crippen molar-refractivity contribution in [2.45, 2.75) is 19.1 Å². The van der Waals surface area contributed by atoms with Gasteiger partial charge >= 0.3 is 6.18 Å². The van der Waals surface area contributed by atoms with Crippen molar-refractivity contribution in [3.8, 4) is 0 Å². The molecule has 2 heterocycles. The van der Waals surface area contributed by atoms with E-state index >= 15 is 0 Å². The van der Waals surface area contributed by atoms with Crippen LogP contribution in [0.15, 0.2) is 24.4 Å². The quantitative estimate of drug-likeness (QED) is 0.582. The summed E-state index contributed by atoms with van der Waals surface area (Å²) in [7, 11) is 0. The first-order valence-corrected chi connectivity index (χ1v) is 7.74. The van der Waals surface area contributed by atoms with E-state index in [0.29, 0.717) is 15.6 Å². The molecule has 24 heavy (non-hydrogen) atoms. The molecule has 0 aliphatic heterocycles. The zero-order valence-electron chi connectivity index (χ0n) is 11.9. The summed E-state index contributed by atoms with van der Waals surface area (Å²) in [4.78, 5) is 7.67. The van der Waals surface area contributed by atoms with Crippen LogP contribution in [0.5, 0.6) is 0 Å². The van der Waals surface area contributed by atoms with Gasteiger partial charge in [0.2, 0.25) is 0 Å². The zero-order valence-corrected chi connectivity index (χ0v) is 14.2. The van der Waals surface area contributed by atoms with Gasteiger partial charge < -0.3 is 0 Å². The average molecular weight is 396 g/mol. The minimum absolute atomic E-state index is 0.0354. The fourth-order valence-electron chi connectivity index (χ4n) is 2.32. The van der Waals surface area contributed by atoms with Crippen molar-refractivity contribution in [1.82, 2.24) is 19.7 Å². The Labute approximate surface area is 149 Å². The molecule has 1 atom stereocenters. The maximum atomic E-state index is 13.2. The Bertz CT molecular complexity index is 924. The van der Waals surface area contributed by atoms with Gasteiger partial charge in [0.15, 0.2) is 11.3 Å². The highest BCUT2D eigenvalue weighted by Crippen LogP contribution is 2.36. The molecule has 0 saturated heterocycles. The van der Waals surface area contributed by atoms with Crippen LogP contribution in [0.4, 0.5) is 13.2 Å². The van der Waals surface area contributed by atoms with E-state index in [4.69, 9.17) is 34.8 Å². The molecule has 0 bridgehead atoms. The monoisotopic (exact) mass is 394 g/mol. The van der Waals surface area contributed by atoms with E-state index in [1.165, 1.54) is 6.07 Å². The van der Waals surface area contributed by atoms with E-state index in [9.17, 15) is 13.2 Å². The number of alkyl halides is 3. The number of nitrogens with zero attached hydrogens (tertiary/aromatic N) is 4. The molecule has 4 nitrogen and oxygen atoms in total. The van der Waals surface area contributed by atoms with Crippen molar-refractivity contribution in [3.63, 3.8) is 0 Å². The predicted molar refractivity (Wildman–Crippen MR) is 85.6 cm³/mol. The van der Waals surface area contributed by atoms with Crippen molar-refractivity contribution >= 4 is 46.0 Å². The van der Waals surface area contributed by atoms with Crippen molar-refractivity contribution in [2.24, 2.45) is 0 Å². The molecule has 10 heteroatoms. The first-order chi connectivity index (χ1) is 11.2. The molecule has 0 spiro atoms. The number of halogens is 6. The van der Waals surface area contributed by atoms with Gasteiger partial charge in [0.25, 0.3) is 0 Å². The summed E-state index contributed by atoms with van der Waals surface area (Å²) in [5, 5.41) is 4.35. The molecule has 1 aromatic carbocycles. The van der Waals surface area contributed by atoms with Crippen LogP contribution in [-0.2, 0) is 6.18 Å². The molecular weight excluding hydrogens is 388 g/mol. The Balaban J connectivity index is 2.23. The van der Waals surface area contributed by atoms with Gasteiger partial charge in [-0.15, -0.1) is 0 Å². The van der Waals surface area contributed by atoms with Gasteiger partial charge in [-0.05, 0) is 24.6 Å². The first-order valence-electron chi connectivity index (χ1n) is 6.61. The molecule has 126 valence electrons. The summed E-state index contributed by atoms with van der Waals surface area (Å²) in [5.74, 6) is 0. The van der Waals surface area contributed by atoms with E-state index in [-0.39, 0.29) is 16.3 Å². The van der Waals surface area contributed by atoms with Crippen molar-refractivity contribution in [2.75, 3.05) is 0 Å². The fourth-order valence-corrected chi connectivity index (χ4v) is 3.02.